The average Bonchev–Trinajstić information content (AvgIpc) is 2.94. The highest BCUT2D eigenvalue weighted by atomic mass is 16.1. The van der Waals surface area contributed by atoms with Gasteiger partial charge in [0.1, 0.15) is 17.5 Å². The normalized spacial score (nSPS) is 10.2. The fourth-order valence-electron chi connectivity index (χ4n) is 2.27. The molecule has 102 valence electrons. The fraction of sp³-hybridized carbons (Fsp3) is 0.0625. The molecule has 0 unspecified atom stereocenters. The molecule has 3 aromatic rings. The van der Waals surface area contributed by atoms with Crippen LogP contribution in [0.15, 0.2) is 48.7 Å². The number of fused-ring (bicyclic) bond motifs is 1. The molecule has 3 rings (SSSR count). The van der Waals surface area contributed by atoms with Crippen LogP contribution in [0.4, 0.5) is 5.82 Å². The van der Waals surface area contributed by atoms with Crippen LogP contribution in [0, 0.1) is 11.3 Å². The molecule has 2 aromatic carbocycles. The molecule has 0 radical (unpaired) electrons. The molecule has 5 nitrogen and oxygen atoms in total. The second-order valence-corrected chi connectivity index (χ2v) is 4.63. The number of nitrogens with one attached hydrogen (secondary N) is 2. The standard InChI is InChI=1S/C16H12N4O/c17-9-13-10-18-20-16(13)19-15(21)8-12-6-3-5-11-4-1-2-7-14(11)12/h1-7,10H,8H2,(H2,18,19,20,21). The van der Waals surface area contributed by atoms with Gasteiger partial charge in [0, 0.05) is 0 Å². The Kier molecular flexibility index (Phi) is 3.36. The number of rotatable bonds is 3. The van der Waals surface area contributed by atoms with Crippen molar-refractivity contribution in [3.05, 3.63) is 59.8 Å². The van der Waals surface area contributed by atoms with Crippen LogP contribution < -0.4 is 5.32 Å². The molecule has 1 heterocycles. The number of carbonyl (C=O) groups excluding carboxylic acids is 1. The van der Waals surface area contributed by atoms with E-state index >= 15 is 0 Å². The molecule has 0 bridgehead atoms. The molecule has 1 aromatic heterocycles. The van der Waals surface area contributed by atoms with Crippen molar-refractivity contribution in [1.82, 2.24) is 10.2 Å². The number of amides is 1. The predicted octanol–water partition coefficient (Wildman–Crippen LogP) is 2.62. The summed E-state index contributed by atoms with van der Waals surface area (Å²) in [5.41, 5.74) is 1.27. The minimum atomic E-state index is -0.188. The number of hydrogen-bond donors (Lipinski definition) is 2. The fourth-order valence-corrected chi connectivity index (χ4v) is 2.27. The first-order chi connectivity index (χ1) is 10.3. The molecule has 5 heteroatoms. The molecule has 0 fully saturated rings. The van der Waals surface area contributed by atoms with E-state index in [-0.39, 0.29) is 12.3 Å². The largest absolute Gasteiger partial charge is 0.310 e. The van der Waals surface area contributed by atoms with E-state index < -0.39 is 0 Å². The Morgan fingerprint density at radius 2 is 2.05 bits per heavy atom. The summed E-state index contributed by atoms with van der Waals surface area (Å²) in [6.07, 6.45) is 1.62. The Labute approximate surface area is 121 Å². The van der Waals surface area contributed by atoms with Gasteiger partial charge >= 0.3 is 0 Å². The average molecular weight is 276 g/mol. The van der Waals surface area contributed by atoms with Crippen LogP contribution in [0.2, 0.25) is 0 Å². The van der Waals surface area contributed by atoms with Gasteiger partial charge in [0.25, 0.3) is 0 Å². The zero-order valence-corrected chi connectivity index (χ0v) is 11.1. The lowest BCUT2D eigenvalue weighted by molar-refractivity contribution is -0.115. The molecule has 0 aliphatic heterocycles. The van der Waals surface area contributed by atoms with Gasteiger partial charge in [-0.1, -0.05) is 42.5 Å². The summed E-state index contributed by atoms with van der Waals surface area (Å²) in [6.45, 7) is 0. The van der Waals surface area contributed by atoms with Crippen LogP contribution in [0.3, 0.4) is 0 Å². The molecule has 0 aliphatic rings. The molecule has 0 aliphatic carbocycles. The highest BCUT2D eigenvalue weighted by molar-refractivity contribution is 5.96. The number of aromatic nitrogens is 2. The van der Waals surface area contributed by atoms with Crippen molar-refractivity contribution in [3.8, 4) is 6.07 Å². The number of H-pyrrole nitrogens is 1. The Morgan fingerprint density at radius 1 is 1.24 bits per heavy atom. The summed E-state index contributed by atoms with van der Waals surface area (Å²) in [5.74, 6) is 0.148. The summed E-state index contributed by atoms with van der Waals surface area (Å²) in [7, 11) is 0. The molecule has 0 saturated heterocycles. The first-order valence-corrected chi connectivity index (χ1v) is 6.48. The van der Waals surface area contributed by atoms with E-state index in [4.69, 9.17) is 5.26 Å². The molecule has 0 saturated carbocycles. The zero-order chi connectivity index (χ0) is 14.7. The van der Waals surface area contributed by atoms with Gasteiger partial charge in [-0.2, -0.15) is 10.4 Å². The van der Waals surface area contributed by atoms with Gasteiger partial charge in [-0.3, -0.25) is 9.89 Å². The first kappa shape index (κ1) is 12.9. The van der Waals surface area contributed by atoms with Crippen molar-refractivity contribution in [2.45, 2.75) is 6.42 Å². The monoisotopic (exact) mass is 276 g/mol. The lowest BCUT2D eigenvalue weighted by Gasteiger charge is -2.07. The van der Waals surface area contributed by atoms with E-state index in [1.165, 1.54) is 6.20 Å². The lowest BCUT2D eigenvalue weighted by atomic mass is 10.0. The lowest BCUT2D eigenvalue weighted by Crippen LogP contribution is -2.15. The maximum absolute atomic E-state index is 12.1. The maximum Gasteiger partial charge on any atom is 0.229 e. The number of nitriles is 1. The van der Waals surface area contributed by atoms with Gasteiger partial charge < -0.3 is 5.32 Å². The predicted molar refractivity (Wildman–Crippen MR) is 79.6 cm³/mol. The first-order valence-electron chi connectivity index (χ1n) is 6.48. The molecular formula is C16H12N4O. The highest BCUT2D eigenvalue weighted by Crippen LogP contribution is 2.19. The van der Waals surface area contributed by atoms with E-state index in [1.54, 1.807) is 0 Å². The van der Waals surface area contributed by atoms with E-state index in [0.29, 0.717) is 11.4 Å². The van der Waals surface area contributed by atoms with Gasteiger partial charge in [-0.25, -0.2) is 0 Å². The van der Waals surface area contributed by atoms with Crippen LogP contribution in [0.1, 0.15) is 11.1 Å². The van der Waals surface area contributed by atoms with E-state index in [0.717, 1.165) is 16.3 Å². The van der Waals surface area contributed by atoms with Crippen LogP contribution in [0.25, 0.3) is 10.8 Å². The highest BCUT2D eigenvalue weighted by Gasteiger charge is 2.10. The Morgan fingerprint density at radius 3 is 2.90 bits per heavy atom. The van der Waals surface area contributed by atoms with Crippen molar-refractivity contribution in [2.75, 3.05) is 5.32 Å². The summed E-state index contributed by atoms with van der Waals surface area (Å²) < 4.78 is 0. The third-order valence-electron chi connectivity index (χ3n) is 3.26. The van der Waals surface area contributed by atoms with Gasteiger partial charge in [0.2, 0.25) is 5.91 Å². The molecular weight excluding hydrogens is 264 g/mol. The quantitative estimate of drug-likeness (QED) is 0.771. The molecule has 0 spiro atoms. The summed E-state index contributed by atoms with van der Waals surface area (Å²) in [5, 5.41) is 20.1. The van der Waals surface area contributed by atoms with Gasteiger partial charge in [0.15, 0.2) is 0 Å². The molecule has 2 N–H and O–H groups in total. The third-order valence-corrected chi connectivity index (χ3v) is 3.26. The molecule has 1 amide bonds. The Hall–Kier alpha value is -3.13. The van der Waals surface area contributed by atoms with Gasteiger partial charge in [0.05, 0.1) is 12.6 Å². The van der Waals surface area contributed by atoms with Gasteiger partial charge in [-0.05, 0) is 16.3 Å². The summed E-state index contributed by atoms with van der Waals surface area (Å²) in [6, 6.07) is 15.8. The zero-order valence-electron chi connectivity index (χ0n) is 11.1. The van der Waals surface area contributed by atoms with Crippen LogP contribution >= 0.6 is 0 Å². The SMILES string of the molecule is N#Cc1cn[nH]c1NC(=O)Cc1cccc2ccccc12. The van der Waals surface area contributed by atoms with Crippen molar-refractivity contribution in [1.29, 1.82) is 5.26 Å². The third kappa shape index (κ3) is 2.60. The second kappa shape index (κ2) is 5.47. The number of aromatic amines is 1. The van der Waals surface area contributed by atoms with Crippen LogP contribution in [-0.4, -0.2) is 16.1 Å². The smallest absolute Gasteiger partial charge is 0.229 e. The minimum Gasteiger partial charge on any atom is -0.310 e. The van der Waals surface area contributed by atoms with Crippen LogP contribution in [-0.2, 0) is 11.2 Å². The molecule has 0 atom stereocenters. The summed E-state index contributed by atoms with van der Waals surface area (Å²) in [4.78, 5) is 12.1. The second-order valence-electron chi connectivity index (χ2n) is 4.63. The topological polar surface area (TPSA) is 81.6 Å². The van der Waals surface area contributed by atoms with Crippen molar-refractivity contribution >= 4 is 22.5 Å². The van der Waals surface area contributed by atoms with E-state index in [9.17, 15) is 4.79 Å². The van der Waals surface area contributed by atoms with Crippen LogP contribution in [0.5, 0.6) is 0 Å². The minimum absolute atomic E-state index is 0.188. The maximum atomic E-state index is 12.1. The Bertz CT molecular complexity index is 839. The number of benzene rings is 2. The van der Waals surface area contributed by atoms with Crippen molar-refractivity contribution in [2.24, 2.45) is 0 Å². The number of carbonyl (C=O) groups is 1. The van der Waals surface area contributed by atoms with Crippen molar-refractivity contribution in [3.63, 3.8) is 0 Å². The Balaban J connectivity index is 1.83. The van der Waals surface area contributed by atoms with E-state index in [1.807, 2.05) is 48.5 Å². The van der Waals surface area contributed by atoms with E-state index in [2.05, 4.69) is 15.5 Å². The number of nitrogens with zero attached hydrogens (tertiary/aromatic N) is 2. The number of anilines is 1. The van der Waals surface area contributed by atoms with Crippen molar-refractivity contribution < 1.29 is 4.79 Å². The summed E-state index contributed by atoms with van der Waals surface area (Å²) >= 11 is 0. The number of hydrogen-bond acceptors (Lipinski definition) is 3. The molecule has 21 heavy (non-hydrogen) atoms. The van der Waals surface area contributed by atoms with Gasteiger partial charge in [-0.15, -0.1) is 0 Å².